The van der Waals surface area contributed by atoms with E-state index in [1.54, 1.807) is 0 Å². The molecule has 0 saturated heterocycles. The van der Waals surface area contributed by atoms with Gasteiger partial charge in [-0.05, 0) is 38.2 Å². The second-order valence-electron chi connectivity index (χ2n) is 4.81. The highest BCUT2D eigenvalue weighted by Crippen LogP contribution is 2.30. The van der Waals surface area contributed by atoms with Crippen LogP contribution >= 0.6 is 0 Å². The van der Waals surface area contributed by atoms with E-state index in [9.17, 15) is 9.90 Å². The normalized spacial score (nSPS) is 23.0. The number of rotatable bonds is 4. The summed E-state index contributed by atoms with van der Waals surface area (Å²) in [5.74, 6) is -1.48. The Labute approximate surface area is 118 Å². The Bertz CT molecular complexity index is 514. The summed E-state index contributed by atoms with van der Waals surface area (Å²) in [4.78, 5) is 14.5. The van der Waals surface area contributed by atoms with E-state index in [4.69, 9.17) is 10.1 Å². The second kappa shape index (κ2) is 6.75. The van der Waals surface area contributed by atoms with Gasteiger partial charge in [-0.1, -0.05) is 18.2 Å². The van der Waals surface area contributed by atoms with Crippen molar-refractivity contribution in [1.29, 1.82) is 5.39 Å². The number of aliphatic hydroxyl groups excluding tert-OH is 1. The van der Waals surface area contributed by atoms with Crippen molar-refractivity contribution in [2.75, 3.05) is 7.11 Å². The first kappa shape index (κ1) is 15.8. The Kier molecular flexibility index (Phi) is 5.32. The topological polar surface area (TPSA) is 83.9 Å². The van der Waals surface area contributed by atoms with E-state index in [0.29, 0.717) is 6.42 Å². The van der Waals surface area contributed by atoms with Crippen molar-refractivity contribution in [2.24, 2.45) is 5.92 Å². The maximum absolute atomic E-state index is 11.8. The van der Waals surface area contributed by atoms with Gasteiger partial charge < -0.3 is 14.6 Å². The van der Waals surface area contributed by atoms with Crippen LogP contribution in [0.3, 0.4) is 0 Å². The van der Waals surface area contributed by atoms with Gasteiger partial charge in [0.25, 0.3) is 0 Å². The van der Waals surface area contributed by atoms with Crippen LogP contribution in [0.25, 0.3) is 4.98 Å². The Hall–Kier alpha value is -2.29. The molecule has 0 unspecified atom stereocenters. The van der Waals surface area contributed by atoms with Crippen molar-refractivity contribution in [3.8, 4) is 0 Å². The number of hydrogen-bond acceptors (Lipinski definition) is 5. The summed E-state index contributed by atoms with van der Waals surface area (Å²) in [5, 5.41) is 18.0. The van der Waals surface area contributed by atoms with Crippen LogP contribution < -0.4 is 0 Å². The highest BCUT2D eigenvalue weighted by Gasteiger charge is 2.36. The molecule has 6 nitrogen and oxygen atoms in total. The number of esters is 1. The summed E-state index contributed by atoms with van der Waals surface area (Å²) in [5.41, 5.74) is 1.29. The van der Waals surface area contributed by atoms with Crippen LogP contribution in [-0.4, -0.2) is 24.3 Å². The minimum Gasteiger partial charge on any atom is -0.475 e. The van der Waals surface area contributed by atoms with E-state index in [-0.39, 0.29) is 5.92 Å². The monoisotopic (exact) mass is 279 g/mol. The van der Waals surface area contributed by atoms with Gasteiger partial charge in [0.1, 0.15) is 6.10 Å². The Balaban J connectivity index is 2.85. The van der Waals surface area contributed by atoms with Gasteiger partial charge in [0.15, 0.2) is 4.98 Å². The summed E-state index contributed by atoms with van der Waals surface area (Å²) < 4.78 is 9.71. The Morgan fingerprint density at radius 1 is 1.60 bits per heavy atom. The zero-order valence-corrected chi connectivity index (χ0v) is 11.9. The fourth-order valence-electron chi connectivity index (χ4n) is 2.00. The van der Waals surface area contributed by atoms with Crippen molar-refractivity contribution in [1.82, 2.24) is 0 Å². The van der Waals surface area contributed by atoms with E-state index >= 15 is 0 Å². The highest BCUT2D eigenvalue weighted by molar-refractivity contribution is 5.90. The molecule has 0 amide bonds. The number of carbonyl (C=O) groups excluding carboxylic acids is 1. The molecule has 0 radical (unpaired) electrons. The molecule has 6 heteroatoms. The van der Waals surface area contributed by atoms with Crippen molar-refractivity contribution in [3.63, 3.8) is 0 Å². The van der Waals surface area contributed by atoms with Crippen molar-refractivity contribution >= 4 is 5.97 Å². The molecule has 0 saturated carbocycles. The summed E-state index contributed by atoms with van der Waals surface area (Å²) in [6.45, 7) is 7.71. The first-order valence-corrected chi connectivity index (χ1v) is 6.26. The van der Waals surface area contributed by atoms with Crippen LogP contribution in [0.15, 0.2) is 35.4 Å². The molecule has 0 aromatic rings. The van der Waals surface area contributed by atoms with E-state index in [1.165, 1.54) is 0 Å². The molecule has 20 heavy (non-hydrogen) atoms. The minimum absolute atomic E-state index is 0.242. The lowest BCUT2D eigenvalue weighted by molar-refractivity contribution is -0.143. The number of ether oxygens (including phenoxy) is 2. The van der Waals surface area contributed by atoms with Crippen LogP contribution in [-0.2, 0) is 14.3 Å². The Morgan fingerprint density at radius 3 is 2.75 bits per heavy atom. The third-order valence-electron chi connectivity index (χ3n) is 3.37. The summed E-state index contributed by atoms with van der Waals surface area (Å²) in [7, 11) is 1.15. The number of nitrogens with zero attached hydrogens (tertiary/aromatic N) is 2. The number of methoxy groups -OCH3 is 1. The van der Waals surface area contributed by atoms with Crippen LogP contribution in [0.5, 0.6) is 0 Å². The van der Waals surface area contributed by atoms with Crippen molar-refractivity contribution in [3.05, 3.63) is 40.4 Å². The van der Waals surface area contributed by atoms with Gasteiger partial charge in [0.2, 0.25) is 5.39 Å². The second-order valence-corrected chi connectivity index (χ2v) is 4.81. The van der Waals surface area contributed by atoms with Crippen LogP contribution in [0.4, 0.5) is 0 Å². The smallest absolute Gasteiger partial charge is 0.475 e. The van der Waals surface area contributed by atoms with E-state index < -0.39 is 23.7 Å². The van der Waals surface area contributed by atoms with Gasteiger partial charge in [0.05, 0.1) is 7.11 Å². The highest BCUT2D eigenvalue weighted by atomic mass is 16.6. The predicted octanol–water partition coefficient (Wildman–Crippen LogP) is 3.06. The lowest BCUT2D eigenvalue weighted by atomic mass is 9.84. The lowest BCUT2D eigenvalue weighted by Gasteiger charge is -2.27. The molecule has 0 bridgehead atoms. The molecule has 1 aliphatic carbocycles. The first-order valence-electron chi connectivity index (χ1n) is 6.26. The number of carbonyl (C=O) groups is 1. The molecular formula is C14H19N2O4+. The summed E-state index contributed by atoms with van der Waals surface area (Å²) in [6.07, 6.45) is 3.05. The molecule has 0 fully saturated rings. The average molecular weight is 279 g/mol. The molecule has 1 rings (SSSR count). The van der Waals surface area contributed by atoms with Gasteiger partial charge in [-0.3, -0.25) is 0 Å². The molecule has 2 atom stereocenters. The van der Waals surface area contributed by atoms with Crippen LogP contribution in [0, 0.1) is 11.3 Å². The lowest BCUT2D eigenvalue weighted by Crippen LogP contribution is -2.26. The molecule has 0 heterocycles. The first-order chi connectivity index (χ1) is 9.40. The van der Waals surface area contributed by atoms with E-state index in [2.05, 4.69) is 16.3 Å². The summed E-state index contributed by atoms with van der Waals surface area (Å²) >= 11 is 0. The van der Waals surface area contributed by atoms with Crippen molar-refractivity contribution < 1.29 is 19.4 Å². The molecule has 1 N–H and O–H groups in total. The van der Waals surface area contributed by atoms with Gasteiger partial charge in [-0.25, -0.2) is 4.79 Å². The van der Waals surface area contributed by atoms with Gasteiger partial charge in [0, 0.05) is 0 Å². The number of aliphatic hydroxyl groups is 1. The third kappa shape index (κ3) is 3.60. The fraction of sp³-hybridized carbons (Fsp3) is 0.500. The van der Waals surface area contributed by atoms with Gasteiger partial charge in [-0.2, -0.15) is 0 Å². The van der Waals surface area contributed by atoms with E-state index in [1.807, 2.05) is 19.9 Å². The van der Waals surface area contributed by atoms with Gasteiger partial charge >= 0.3 is 17.6 Å². The molecule has 0 aromatic heterocycles. The fourth-order valence-corrected chi connectivity index (χ4v) is 2.00. The van der Waals surface area contributed by atoms with Crippen LogP contribution in [0.1, 0.15) is 26.7 Å². The van der Waals surface area contributed by atoms with Gasteiger partial charge in [-0.15, -0.1) is 0 Å². The predicted molar refractivity (Wildman–Crippen MR) is 72.9 cm³/mol. The van der Waals surface area contributed by atoms with Crippen molar-refractivity contribution in [2.45, 2.75) is 32.8 Å². The standard InChI is InChI=1S/C14H18N2O4/c1-8(2)10-6-5-9(3)11(7-10)20-14(18)12(16-15)13(17)19-4/h5,10-11H,1,6-7H2,2-4H3/p+1/t10-,11+/m0/s1. The number of hydrogen-bond donors (Lipinski definition) is 1. The SMILES string of the molecule is C=C(C)[C@H]1CC=C(C)[C@H](OC(=O)/C([N+]#N)=C(\O)OC)C1. The molecular weight excluding hydrogens is 260 g/mol. The quantitative estimate of drug-likeness (QED) is 0.281. The molecule has 108 valence electrons. The average Bonchev–Trinajstić information content (AvgIpc) is 2.41. The maximum Gasteiger partial charge on any atom is 0.547 e. The minimum atomic E-state index is -0.938. The largest absolute Gasteiger partial charge is 0.547 e. The zero-order chi connectivity index (χ0) is 15.3. The molecule has 0 aromatic carbocycles. The maximum atomic E-state index is 11.8. The third-order valence-corrected chi connectivity index (χ3v) is 3.37. The summed E-state index contributed by atoms with van der Waals surface area (Å²) in [6, 6.07) is 0. The Morgan fingerprint density at radius 2 is 2.25 bits per heavy atom. The molecule has 1 aliphatic rings. The van der Waals surface area contributed by atoms with E-state index in [0.717, 1.165) is 24.7 Å². The van der Waals surface area contributed by atoms with Crippen LogP contribution in [0.2, 0.25) is 0 Å². The molecule has 0 spiro atoms. The molecule has 0 aliphatic heterocycles. The number of allylic oxidation sites excluding steroid dienone is 2. The number of diazo groups is 1. The zero-order valence-electron chi connectivity index (χ0n) is 11.9.